The number of nitrogens with zero attached hydrogens (tertiary/aromatic N) is 2. The van der Waals surface area contributed by atoms with Gasteiger partial charge < -0.3 is 5.73 Å². The van der Waals surface area contributed by atoms with E-state index in [4.69, 9.17) is 5.73 Å². The van der Waals surface area contributed by atoms with E-state index in [1.807, 2.05) is 18.2 Å². The van der Waals surface area contributed by atoms with Crippen LogP contribution in [0.4, 0.5) is 5.69 Å². The van der Waals surface area contributed by atoms with Crippen molar-refractivity contribution in [2.24, 2.45) is 11.7 Å². The van der Waals surface area contributed by atoms with Crippen molar-refractivity contribution in [1.82, 2.24) is 4.31 Å². The zero-order chi connectivity index (χ0) is 13.3. The highest BCUT2D eigenvalue weighted by Gasteiger charge is 2.36. The average molecular weight is 334 g/mol. The van der Waals surface area contributed by atoms with Gasteiger partial charge in [0.05, 0.1) is 5.69 Å². The van der Waals surface area contributed by atoms with E-state index >= 15 is 0 Å². The third-order valence-electron chi connectivity index (χ3n) is 3.07. The number of anilines is 1. The van der Waals surface area contributed by atoms with E-state index in [1.165, 1.54) is 8.61 Å². The predicted molar refractivity (Wildman–Crippen MR) is 75.6 cm³/mol. The van der Waals surface area contributed by atoms with Gasteiger partial charge in [-0.15, -0.1) is 0 Å². The van der Waals surface area contributed by atoms with E-state index < -0.39 is 10.2 Å². The van der Waals surface area contributed by atoms with Crippen molar-refractivity contribution >= 4 is 31.8 Å². The predicted octanol–water partition coefficient (Wildman–Crippen LogP) is 1.02. The highest BCUT2D eigenvalue weighted by molar-refractivity contribution is 9.10. The van der Waals surface area contributed by atoms with Crippen LogP contribution >= 0.6 is 15.9 Å². The maximum atomic E-state index is 12.3. The largest absolute Gasteiger partial charge is 0.330 e. The van der Waals surface area contributed by atoms with E-state index in [2.05, 4.69) is 15.9 Å². The molecule has 0 bridgehead atoms. The van der Waals surface area contributed by atoms with Crippen molar-refractivity contribution in [2.45, 2.75) is 0 Å². The van der Waals surface area contributed by atoms with Crippen LogP contribution < -0.4 is 10.0 Å². The third-order valence-corrected chi connectivity index (χ3v) is 5.58. The number of nitrogens with two attached hydrogens (primary N) is 1. The third kappa shape index (κ3) is 2.40. The molecular weight excluding hydrogens is 318 g/mol. The van der Waals surface area contributed by atoms with Crippen molar-refractivity contribution in [2.75, 3.05) is 31.0 Å². The molecule has 1 heterocycles. The lowest BCUT2D eigenvalue weighted by Gasteiger charge is -2.38. The lowest BCUT2D eigenvalue weighted by Crippen LogP contribution is -2.54. The van der Waals surface area contributed by atoms with Crippen LogP contribution in [0.15, 0.2) is 28.7 Å². The molecule has 2 N–H and O–H groups in total. The Balaban J connectivity index is 2.43. The quantitative estimate of drug-likeness (QED) is 0.878. The second kappa shape index (κ2) is 5.16. The number of halogens is 1. The molecule has 1 aromatic carbocycles. The zero-order valence-electron chi connectivity index (χ0n) is 10.1. The summed E-state index contributed by atoms with van der Waals surface area (Å²) in [5.41, 5.74) is 6.33. The SMILES string of the molecule is CN1CC(CN)CN(c2ccccc2Br)S1(=O)=O. The minimum absolute atomic E-state index is 0.144. The Bertz CT molecular complexity index is 535. The molecule has 0 spiro atoms. The van der Waals surface area contributed by atoms with Crippen molar-refractivity contribution in [3.8, 4) is 0 Å². The fraction of sp³-hybridized carbons (Fsp3) is 0.455. The molecule has 100 valence electrons. The van der Waals surface area contributed by atoms with Crippen molar-refractivity contribution < 1.29 is 8.42 Å². The fourth-order valence-corrected chi connectivity index (χ4v) is 4.20. The average Bonchev–Trinajstić information content (AvgIpc) is 2.33. The molecule has 0 amide bonds. The summed E-state index contributed by atoms with van der Waals surface area (Å²) < 4.78 is 28.2. The van der Waals surface area contributed by atoms with Gasteiger partial charge in [0.15, 0.2) is 0 Å². The molecule has 0 saturated carbocycles. The van der Waals surface area contributed by atoms with Gasteiger partial charge in [-0.3, -0.25) is 4.31 Å². The van der Waals surface area contributed by atoms with Gasteiger partial charge in [-0.25, -0.2) is 0 Å². The van der Waals surface area contributed by atoms with Gasteiger partial charge in [-0.05, 0) is 34.6 Å². The van der Waals surface area contributed by atoms with Crippen molar-refractivity contribution in [3.63, 3.8) is 0 Å². The Labute approximate surface area is 116 Å². The summed E-state index contributed by atoms with van der Waals surface area (Å²) in [6.45, 7) is 1.37. The Kier molecular flexibility index (Phi) is 3.96. The van der Waals surface area contributed by atoms with Crippen LogP contribution in [0.2, 0.25) is 0 Å². The first-order valence-corrected chi connectivity index (χ1v) is 7.84. The monoisotopic (exact) mass is 333 g/mol. The van der Waals surface area contributed by atoms with Crippen LogP contribution in [-0.4, -0.2) is 39.4 Å². The van der Waals surface area contributed by atoms with Gasteiger partial charge in [0, 0.05) is 30.5 Å². The van der Waals surface area contributed by atoms with Gasteiger partial charge in [-0.2, -0.15) is 12.7 Å². The number of rotatable bonds is 2. The molecule has 0 radical (unpaired) electrons. The lowest BCUT2D eigenvalue weighted by molar-refractivity contribution is 0.363. The highest BCUT2D eigenvalue weighted by Crippen LogP contribution is 2.31. The van der Waals surface area contributed by atoms with Crippen molar-refractivity contribution in [1.29, 1.82) is 0 Å². The normalized spacial score (nSPS) is 24.2. The van der Waals surface area contributed by atoms with Crippen LogP contribution in [0.1, 0.15) is 0 Å². The van der Waals surface area contributed by atoms with Crippen LogP contribution in [0.25, 0.3) is 0 Å². The summed E-state index contributed by atoms with van der Waals surface area (Å²) in [6, 6.07) is 7.29. The Morgan fingerprint density at radius 1 is 1.39 bits per heavy atom. The van der Waals surface area contributed by atoms with Gasteiger partial charge in [0.25, 0.3) is 0 Å². The second-order valence-electron chi connectivity index (χ2n) is 4.37. The molecule has 2 rings (SSSR count). The number of hydrogen-bond acceptors (Lipinski definition) is 3. The zero-order valence-corrected chi connectivity index (χ0v) is 12.5. The van der Waals surface area contributed by atoms with Gasteiger partial charge in [0.1, 0.15) is 0 Å². The van der Waals surface area contributed by atoms with Gasteiger partial charge in [-0.1, -0.05) is 12.1 Å². The number of benzene rings is 1. The maximum Gasteiger partial charge on any atom is 0.303 e. The summed E-state index contributed by atoms with van der Waals surface area (Å²) in [5.74, 6) is 0.144. The summed E-state index contributed by atoms with van der Waals surface area (Å²) in [4.78, 5) is 0. The fourth-order valence-electron chi connectivity index (χ4n) is 2.04. The van der Waals surface area contributed by atoms with E-state index in [0.717, 1.165) is 4.47 Å². The van der Waals surface area contributed by atoms with E-state index in [9.17, 15) is 8.42 Å². The van der Waals surface area contributed by atoms with Crippen molar-refractivity contribution in [3.05, 3.63) is 28.7 Å². The molecule has 7 heteroatoms. The first-order chi connectivity index (χ1) is 8.46. The topological polar surface area (TPSA) is 66.6 Å². The molecule has 1 aliphatic heterocycles. The standard InChI is InChI=1S/C11H16BrN3O2S/c1-14-7-9(6-13)8-15(18(14,16)17)11-5-3-2-4-10(11)12/h2-5,9H,6-8,13H2,1H3. The molecule has 0 aliphatic carbocycles. The van der Waals surface area contributed by atoms with Gasteiger partial charge >= 0.3 is 10.2 Å². The summed E-state index contributed by atoms with van der Waals surface area (Å²) in [6.07, 6.45) is 0. The van der Waals surface area contributed by atoms with Gasteiger partial charge in [0.2, 0.25) is 0 Å². The maximum absolute atomic E-state index is 12.3. The minimum atomic E-state index is -3.44. The first-order valence-electron chi connectivity index (χ1n) is 5.65. The number of para-hydroxylation sites is 1. The van der Waals surface area contributed by atoms with Crippen LogP contribution in [0.5, 0.6) is 0 Å². The van der Waals surface area contributed by atoms with E-state index in [1.54, 1.807) is 13.1 Å². The van der Waals surface area contributed by atoms with Crippen LogP contribution in [-0.2, 0) is 10.2 Å². The van der Waals surface area contributed by atoms with E-state index in [0.29, 0.717) is 25.3 Å². The molecule has 0 aromatic heterocycles. The van der Waals surface area contributed by atoms with Crippen LogP contribution in [0.3, 0.4) is 0 Å². The lowest BCUT2D eigenvalue weighted by atomic mass is 10.1. The Morgan fingerprint density at radius 3 is 2.67 bits per heavy atom. The Morgan fingerprint density at radius 2 is 2.06 bits per heavy atom. The smallest absolute Gasteiger partial charge is 0.303 e. The second-order valence-corrected chi connectivity index (χ2v) is 7.19. The molecule has 1 fully saturated rings. The van der Waals surface area contributed by atoms with E-state index in [-0.39, 0.29) is 5.92 Å². The minimum Gasteiger partial charge on any atom is -0.330 e. The van der Waals surface area contributed by atoms with Crippen LogP contribution in [0, 0.1) is 5.92 Å². The molecule has 1 unspecified atom stereocenters. The highest BCUT2D eigenvalue weighted by atomic mass is 79.9. The summed E-state index contributed by atoms with van der Waals surface area (Å²) >= 11 is 3.39. The molecule has 1 atom stereocenters. The molecule has 18 heavy (non-hydrogen) atoms. The first kappa shape index (κ1) is 13.8. The summed E-state index contributed by atoms with van der Waals surface area (Å²) in [7, 11) is -1.86. The molecule has 1 aromatic rings. The molecular formula is C11H16BrN3O2S. The summed E-state index contributed by atoms with van der Waals surface area (Å²) in [5, 5.41) is 0. The molecule has 1 saturated heterocycles. The Hall–Kier alpha value is -0.630. The molecule has 1 aliphatic rings. The number of hydrogen-bond donors (Lipinski definition) is 1. The molecule has 5 nitrogen and oxygen atoms in total.